The molecule has 1 aromatic carbocycles. The van der Waals surface area contributed by atoms with E-state index in [1.165, 1.54) is 11.3 Å². The van der Waals surface area contributed by atoms with E-state index in [0.717, 1.165) is 23.1 Å². The Bertz CT molecular complexity index is 533. The minimum Gasteiger partial charge on any atom is -0.321 e. The molecular formula is C12H12BrN3. The average molecular weight is 278 g/mol. The van der Waals surface area contributed by atoms with E-state index in [-0.39, 0.29) is 6.04 Å². The zero-order valence-electron chi connectivity index (χ0n) is 8.73. The minimum atomic E-state index is 0.0289. The highest BCUT2D eigenvalue weighted by Crippen LogP contribution is 2.29. The summed E-state index contributed by atoms with van der Waals surface area (Å²) < 4.78 is 3.21. The summed E-state index contributed by atoms with van der Waals surface area (Å²) in [7, 11) is 0. The number of hydrogen-bond acceptors (Lipinski definition) is 2. The molecule has 1 atom stereocenters. The molecular weight excluding hydrogens is 266 g/mol. The Morgan fingerprint density at radius 2 is 2.31 bits per heavy atom. The van der Waals surface area contributed by atoms with Crippen molar-refractivity contribution in [1.82, 2.24) is 9.55 Å². The van der Waals surface area contributed by atoms with Crippen LogP contribution in [0.4, 0.5) is 0 Å². The number of imidazole rings is 1. The standard InChI is InChI=1S/C12H12BrN3/c13-9-2-4-11-8(7-9)1-3-10(14)12-15-5-6-16(11)12/h2,4-7,10H,1,3,14H2/t10-/m1/s1. The van der Waals surface area contributed by atoms with Crippen LogP contribution in [-0.2, 0) is 6.42 Å². The Balaban J connectivity index is 2.24. The quantitative estimate of drug-likeness (QED) is 0.805. The van der Waals surface area contributed by atoms with Gasteiger partial charge in [0.1, 0.15) is 5.82 Å². The van der Waals surface area contributed by atoms with Gasteiger partial charge in [0, 0.05) is 16.9 Å². The normalized spacial score (nSPS) is 18.8. The molecule has 3 nitrogen and oxygen atoms in total. The largest absolute Gasteiger partial charge is 0.321 e. The van der Waals surface area contributed by atoms with E-state index < -0.39 is 0 Å². The van der Waals surface area contributed by atoms with Crippen molar-refractivity contribution in [3.8, 4) is 5.69 Å². The van der Waals surface area contributed by atoms with Crippen molar-refractivity contribution in [2.45, 2.75) is 18.9 Å². The van der Waals surface area contributed by atoms with E-state index in [4.69, 9.17) is 5.73 Å². The van der Waals surface area contributed by atoms with Gasteiger partial charge in [-0.15, -0.1) is 0 Å². The topological polar surface area (TPSA) is 43.8 Å². The molecule has 82 valence electrons. The Hall–Kier alpha value is -1.13. The van der Waals surface area contributed by atoms with Gasteiger partial charge in [-0.1, -0.05) is 15.9 Å². The fourth-order valence-electron chi connectivity index (χ4n) is 2.22. The third-order valence-electron chi connectivity index (χ3n) is 3.03. The Kier molecular flexibility index (Phi) is 2.33. The molecule has 2 aromatic rings. The lowest BCUT2D eigenvalue weighted by Crippen LogP contribution is -2.13. The molecule has 0 spiro atoms. The first kappa shape index (κ1) is 10.1. The number of benzene rings is 1. The summed E-state index contributed by atoms with van der Waals surface area (Å²) in [4.78, 5) is 4.35. The van der Waals surface area contributed by atoms with Crippen LogP contribution < -0.4 is 5.73 Å². The second-order valence-electron chi connectivity index (χ2n) is 4.07. The van der Waals surface area contributed by atoms with Crippen LogP contribution in [0.15, 0.2) is 35.1 Å². The lowest BCUT2D eigenvalue weighted by molar-refractivity contribution is 0.621. The number of nitrogens with zero attached hydrogens (tertiary/aromatic N) is 2. The van der Waals surface area contributed by atoms with Crippen molar-refractivity contribution < 1.29 is 0 Å². The maximum atomic E-state index is 6.11. The van der Waals surface area contributed by atoms with Gasteiger partial charge in [-0.3, -0.25) is 0 Å². The average Bonchev–Trinajstić information content (AvgIpc) is 2.70. The molecule has 4 heteroatoms. The Morgan fingerprint density at radius 3 is 3.19 bits per heavy atom. The molecule has 0 fully saturated rings. The van der Waals surface area contributed by atoms with Crippen LogP contribution in [0, 0.1) is 0 Å². The van der Waals surface area contributed by atoms with Crippen molar-refractivity contribution >= 4 is 15.9 Å². The number of hydrogen-bond donors (Lipinski definition) is 1. The zero-order valence-corrected chi connectivity index (χ0v) is 10.3. The predicted molar refractivity (Wildman–Crippen MR) is 66.5 cm³/mol. The molecule has 2 N–H and O–H groups in total. The molecule has 0 amide bonds. The van der Waals surface area contributed by atoms with Crippen LogP contribution in [0.3, 0.4) is 0 Å². The number of fused-ring (bicyclic) bond motifs is 3. The second kappa shape index (κ2) is 3.71. The smallest absolute Gasteiger partial charge is 0.130 e. The number of nitrogens with two attached hydrogens (primary N) is 1. The molecule has 3 rings (SSSR count). The van der Waals surface area contributed by atoms with Crippen LogP contribution in [-0.4, -0.2) is 9.55 Å². The summed E-state index contributed by atoms with van der Waals surface area (Å²) in [5, 5.41) is 0. The summed E-state index contributed by atoms with van der Waals surface area (Å²) in [6.07, 6.45) is 5.74. The van der Waals surface area contributed by atoms with E-state index in [2.05, 4.69) is 43.7 Å². The Labute approximate surface area is 102 Å². The monoisotopic (exact) mass is 277 g/mol. The highest BCUT2D eigenvalue weighted by atomic mass is 79.9. The van der Waals surface area contributed by atoms with E-state index in [1.54, 1.807) is 0 Å². The first-order valence-electron chi connectivity index (χ1n) is 5.33. The van der Waals surface area contributed by atoms with Crippen LogP contribution in [0.5, 0.6) is 0 Å². The molecule has 0 bridgehead atoms. The molecule has 0 saturated heterocycles. The molecule has 0 saturated carbocycles. The first-order chi connectivity index (χ1) is 7.75. The number of rotatable bonds is 0. The lowest BCUT2D eigenvalue weighted by Gasteiger charge is -2.10. The maximum Gasteiger partial charge on any atom is 0.130 e. The number of aromatic nitrogens is 2. The van der Waals surface area contributed by atoms with Gasteiger partial charge < -0.3 is 10.3 Å². The third-order valence-corrected chi connectivity index (χ3v) is 3.52. The highest BCUT2D eigenvalue weighted by Gasteiger charge is 2.20. The summed E-state index contributed by atoms with van der Waals surface area (Å²) in [6.45, 7) is 0. The summed E-state index contributed by atoms with van der Waals surface area (Å²) >= 11 is 3.51. The molecule has 0 radical (unpaired) electrons. The van der Waals surface area contributed by atoms with Crippen molar-refractivity contribution in [1.29, 1.82) is 0 Å². The van der Waals surface area contributed by atoms with Crippen LogP contribution in [0.25, 0.3) is 5.69 Å². The lowest BCUT2D eigenvalue weighted by atomic mass is 10.1. The molecule has 16 heavy (non-hydrogen) atoms. The highest BCUT2D eigenvalue weighted by molar-refractivity contribution is 9.10. The van der Waals surface area contributed by atoms with E-state index in [9.17, 15) is 0 Å². The molecule has 2 heterocycles. The SMILES string of the molecule is N[C@@H]1CCc2cc(Br)ccc2-n2ccnc21. The van der Waals surface area contributed by atoms with Gasteiger partial charge in [-0.2, -0.15) is 0 Å². The molecule has 1 aromatic heterocycles. The summed E-state index contributed by atoms with van der Waals surface area (Å²) in [5.41, 5.74) is 8.63. The van der Waals surface area contributed by atoms with Crippen molar-refractivity contribution in [3.05, 3.63) is 46.5 Å². The van der Waals surface area contributed by atoms with E-state index in [0.29, 0.717) is 0 Å². The van der Waals surface area contributed by atoms with Crippen LogP contribution in [0.1, 0.15) is 23.9 Å². The van der Waals surface area contributed by atoms with E-state index >= 15 is 0 Å². The fraction of sp³-hybridized carbons (Fsp3) is 0.250. The van der Waals surface area contributed by atoms with Gasteiger partial charge in [0.15, 0.2) is 0 Å². The number of aryl methyl sites for hydroxylation is 1. The van der Waals surface area contributed by atoms with Gasteiger partial charge in [0.2, 0.25) is 0 Å². The fourth-order valence-corrected chi connectivity index (χ4v) is 2.63. The predicted octanol–water partition coefficient (Wildman–Crippen LogP) is 2.58. The third kappa shape index (κ3) is 1.49. The summed E-state index contributed by atoms with van der Waals surface area (Å²) in [6, 6.07) is 6.36. The van der Waals surface area contributed by atoms with Gasteiger partial charge in [0.05, 0.1) is 11.7 Å². The molecule has 0 aliphatic carbocycles. The van der Waals surface area contributed by atoms with Crippen LogP contribution >= 0.6 is 15.9 Å². The number of halogens is 1. The van der Waals surface area contributed by atoms with Crippen molar-refractivity contribution in [2.24, 2.45) is 5.73 Å². The van der Waals surface area contributed by atoms with Gasteiger partial charge in [0.25, 0.3) is 0 Å². The summed E-state index contributed by atoms with van der Waals surface area (Å²) in [5.74, 6) is 0.959. The first-order valence-corrected chi connectivity index (χ1v) is 6.12. The minimum absolute atomic E-state index is 0.0289. The molecule has 0 unspecified atom stereocenters. The van der Waals surface area contributed by atoms with Crippen molar-refractivity contribution in [2.75, 3.05) is 0 Å². The van der Waals surface area contributed by atoms with Gasteiger partial charge in [-0.25, -0.2) is 4.98 Å². The van der Waals surface area contributed by atoms with E-state index in [1.807, 2.05) is 12.4 Å². The molecule has 1 aliphatic rings. The van der Waals surface area contributed by atoms with Gasteiger partial charge >= 0.3 is 0 Å². The molecule has 1 aliphatic heterocycles. The second-order valence-corrected chi connectivity index (χ2v) is 4.99. The maximum absolute atomic E-state index is 6.11. The van der Waals surface area contributed by atoms with Crippen molar-refractivity contribution in [3.63, 3.8) is 0 Å². The Morgan fingerprint density at radius 1 is 1.44 bits per heavy atom. The van der Waals surface area contributed by atoms with Crippen LogP contribution in [0.2, 0.25) is 0 Å². The zero-order chi connectivity index (χ0) is 11.1. The van der Waals surface area contributed by atoms with Gasteiger partial charge in [-0.05, 0) is 36.6 Å².